The summed E-state index contributed by atoms with van der Waals surface area (Å²) in [6.07, 6.45) is 0. The van der Waals surface area contributed by atoms with Crippen molar-refractivity contribution in [1.82, 2.24) is 0 Å². The summed E-state index contributed by atoms with van der Waals surface area (Å²) in [5.74, 6) is -0.298. The fourth-order valence-electron chi connectivity index (χ4n) is 1.66. The number of nitrogens with two attached hydrogens (primary N) is 1. The van der Waals surface area contributed by atoms with Gasteiger partial charge in [-0.2, -0.15) is 0 Å². The molecule has 0 aliphatic rings. The molecule has 102 valence electrons. The van der Waals surface area contributed by atoms with Crippen LogP contribution in [0.3, 0.4) is 0 Å². The van der Waals surface area contributed by atoms with Crippen molar-refractivity contribution in [3.05, 3.63) is 59.1 Å². The average Bonchev–Trinajstić information content (AvgIpc) is 2.41. The molecule has 0 spiro atoms. The van der Waals surface area contributed by atoms with Crippen LogP contribution < -0.4 is 16.4 Å². The van der Waals surface area contributed by atoms with E-state index in [1.54, 1.807) is 30.3 Å². The van der Waals surface area contributed by atoms with Gasteiger partial charge in [0.05, 0.1) is 16.3 Å². The molecule has 2 rings (SSSR count). The maximum absolute atomic E-state index is 12.2. The number of carbonyl (C=O) groups excluding carboxylic acids is 1. The molecule has 0 unspecified atom stereocenters. The number of carbonyl (C=O) groups is 1. The highest BCUT2D eigenvalue weighted by Gasteiger charge is 2.13. The minimum absolute atomic E-state index is 0.0903. The monoisotopic (exact) mass is 305 g/mol. The number of nitrogens with one attached hydrogen (secondary N) is 2. The quantitative estimate of drug-likeness (QED) is 0.762. The Balaban J connectivity index is 2.24. The van der Waals surface area contributed by atoms with Gasteiger partial charge in [-0.25, -0.2) is 0 Å². The Morgan fingerprint density at radius 2 is 1.75 bits per heavy atom. The van der Waals surface area contributed by atoms with E-state index in [0.29, 0.717) is 16.9 Å². The van der Waals surface area contributed by atoms with E-state index in [4.69, 9.17) is 29.6 Å². The lowest BCUT2D eigenvalue weighted by atomic mass is 10.1. The summed E-state index contributed by atoms with van der Waals surface area (Å²) in [7, 11) is 0. The first kappa shape index (κ1) is 14.3. The second kappa shape index (κ2) is 6.36. The fraction of sp³-hybridized carbons (Fsp3) is 0. The minimum Gasteiger partial charge on any atom is -0.376 e. The molecule has 0 bridgehead atoms. The van der Waals surface area contributed by atoms with Crippen molar-refractivity contribution >= 4 is 46.2 Å². The Bertz CT molecular complexity index is 646. The summed E-state index contributed by atoms with van der Waals surface area (Å²) in [5, 5.41) is 5.86. The van der Waals surface area contributed by atoms with E-state index in [-0.39, 0.29) is 16.0 Å². The molecular formula is C14H12ClN3OS. The predicted molar refractivity (Wildman–Crippen MR) is 86.3 cm³/mol. The van der Waals surface area contributed by atoms with Crippen molar-refractivity contribution in [2.45, 2.75) is 0 Å². The molecular weight excluding hydrogens is 294 g/mol. The van der Waals surface area contributed by atoms with Crippen molar-refractivity contribution in [3.8, 4) is 0 Å². The number of anilines is 2. The van der Waals surface area contributed by atoms with Gasteiger partial charge in [-0.1, -0.05) is 35.9 Å². The Kier molecular flexibility index (Phi) is 4.55. The molecule has 0 saturated carbocycles. The summed E-state index contributed by atoms with van der Waals surface area (Å²) >= 11 is 10.9. The second-order valence-electron chi connectivity index (χ2n) is 3.98. The van der Waals surface area contributed by atoms with E-state index in [1.807, 2.05) is 18.2 Å². The summed E-state index contributed by atoms with van der Waals surface area (Å²) in [4.78, 5) is 12.2. The smallest absolute Gasteiger partial charge is 0.257 e. The zero-order chi connectivity index (χ0) is 14.5. The molecule has 20 heavy (non-hydrogen) atoms. The largest absolute Gasteiger partial charge is 0.376 e. The van der Waals surface area contributed by atoms with Crippen molar-refractivity contribution in [1.29, 1.82) is 0 Å². The summed E-state index contributed by atoms with van der Waals surface area (Å²) in [6, 6.07) is 14.2. The van der Waals surface area contributed by atoms with Gasteiger partial charge in [-0.3, -0.25) is 4.79 Å². The molecule has 0 aliphatic heterocycles. The first-order valence-corrected chi connectivity index (χ1v) is 6.58. The molecule has 0 radical (unpaired) electrons. The topological polar surface area (TPSA) is 67.1 Å². The third-order valence-electron chi connectivity index (χ3n) is 2.53. The van der Waals surface area contributed by atoms with Gasteiger partial charge in [0.25, 0.3) is 5.91 Å². The van der Waals surface area contributed by atoms with Crippen LogP contribution in [0, 0.1) is 0 Å². The number of benzene rings is 2. The highest BCUT2D eigenvalue weighted by atomic mass is 35.5. The van der Waals surface area contributed by atoms with Gasteiger partial charge in [0.15, 0.2) is 5.11 Å². The van der Waals surface area contributed by atoms with E-state index in [0.717, 1.165) is 0 Å². The van der Waals surface area contributed by atoms with Gasteiger partial charge in [-0.05, 0) is 36.5 Å². The number of hydrogen-bond acceptors (Lipinski definition) is 2. The average molecular weight is 306 g/mol. The molecule has 0 aliphatic carbocycles. The highest BCUT2D eigenvalue weighted by Crippen LogP contribution is 2.26. The third-order valence-corrected chi connectivity index (χ3v) is 3.04. The van der Waals surface area contributed by atoms with Crippen LogP contribution in [0.15, 0.2) is 48.5 Å². The van der Waals surface area contributed by atoms with Gasteiger partial charge >= 0.3 is 0 Å². The molecule has 6 heteroatoms. The summed E-state index contributed by atoms with van der Waals surface area (Å²) in [6.45, 7) is 0. The number of rotatable bonds is 3. The van der Waals surface area contributed by atoms with Crippen LogP contribution in [-0.4, -0.2) is 11.0 Å². The van der Waals surface area contributed by atoms with Crippen LogP contribution >= 0.6 is 23.8 Å². The van der Waals surface area contributed by atoms with E-state index >= 15 is 0 Å². The SMILES string of the molecule is NC(=S)Nc1cccc(C(=O)Nc2ccccc2)c1Cl. The third kappa shape index (κ3) is 3.46. The van der Waals surface area contributed by atoms with Gasteiger partial charge in [0, 0.05) is 5.69 Å². The molecule has 4 N–H and O–H groups in total. The Hall–Kier alpha value is -2.11. The second-order valence-corrected chi connectivity index (χ2v) is 4.79. The Labute approximate surface area is 126 Å². The minimum atomic E-state index is -0.298. The maximum atomic E-state index is 12.2. The van der Waals surface area contributed by atoms with Gasteiger partial charge in [-0.15, -0.1) is 0 Å². The molecule has 1 amide bonds. The van der Waals surface area contributed by atoms with Crippen LogP contribution in [0.4, 0.5) is 11.4 Å². The number of para-hydroxylation sites is 1. The van der Waals surface area contributed by atoms with Gasteiger partial charge < -0.3 is 16.4 Å². The molecule has 0 atom stereocenters. The summed E-state index contributed by atoms with van der Waals surface area (Å²) < 4.78 is 0. The molecule has 4 nitrogen and oxygen atoms in total. The molecule has 2 aromatic rings. The van der Waals surface area contributed by atoms with E-state index in [2.05, 4.69) is 10.6 Å². The van der Waals surface area contributed by atoms with Crippen LogP contribution in [0.5, 0.6) is 0 Å². The fourth-order valence-corrected chi connectivity index (χ4v) is 2.03. The van der Waals surface area contributed by atoms with Crippen molar-refractivity contribution in [3.63, 3.8) is 0 Å². The van der Waals surface area contributed by atoms with Crippen molar-refractivity contribution in [2.24, 2.45) is 5.73 Å². The number of amides is 1. The van der Waals surface area contributed by atoms with Crippen LogP contribution in [-0.2, 0) is 0 Å². The van der Waals surface area contributed by atoms with E-state index in [1.165, 1.54) is 0 Å². The molecule has 0 aromatic heterocycles. The number of thiocarbonyl (C=S) groups is 1. The van der Waals surface area contributed by atoms with Crippen molar-refractivity contribution in [2.75, 3.05) is 10.6 Å². The normalized spacial score (nSPS) is 9.85. The Morgan fingerprint density at radius 1 is 1.05 bits per heavy atom. The lowest BCUT2D eigenvalue weighted by Gasteiger charge is -2.11. The lowest BCUT2D eigenvalue weighted by Crippen LogP contribution is -2.20. The van der Waals surface area contributed by atoms with Gasteiger partial charge in [0.2, 0.25) is 0 Å². The zero-order valence-corrected chi connectivity index (χ0v) is 12.0. The highest BCUT2D eigenvalue weighted by molar-refractivity contribution is 7.80. The lowest BCUT2D eigenvalue weighted by molar-refractivity contribution is 0.102. The predicted octanol–water partition coefficient (Wildman–Crippen LogP) is 3.25. The molecule has 0 saturated heterocycles. The molecule has 0 heterocycles. The number of hydrogen-bond donors (Lipinski definition) is 3. The standard InChI is InChI=1S/C14H12ClN3OS/c15-12-10(7-4-8-11(12)18-14(16)20)13(19)17-9-5-2-1-3-6-9/h1-8H,(H,17,19)(H3,16,18,20). The summed E-state index contributed by atoms with van der Waals surface area (Å²) in [5.41, 5.74) is 6.94. The Morgan fingerprint density at radius 3 is 2.40 bits per heavy atom. The molecule has 2 aromatic carbocycles. The van der Waals surface area contributed by atoms with E-state index in [9.17, 15) is 4.79 Å². The first-order chi connectivity index (χ1) is 9.58. The zero-order valence-electron chi connectivity index (χ0n) is 10.4. The maximum Gasteiger partial charge on any atom is 0.257 e. The van der Waals surface area contributed by atoms with Crippen LogP contribution in [0.2, 0.25) is 5.02 Å². The molecule has 0 fully saturated rings. The number of halogens is 1. The van der Waals surface area contributed by atoms with Crippen LogP contribution in [0.1, 0.15) is 10.4 Å². The van der Waals surface area contributed by atoms with E-state index < -0.39 is 0 Å². The first-order valence-electron chi connectivity index (χ1n) is 5.79. The van der Waals surface area contributed by atoms with Crippen LogP contribution in [0.25, 0.3) is 0 Å². The van der Waals surface area contributed by atoms with Gasteiger partial charge in [0.1, 0.15) is 0 Å². The van der Waals surface area contributed by atoms with Crippen molar-refractivity contribution < 1.29 is 4.79 Å².